The second-order valence-electron chi connectivity index (χ2n) is 6.64. The van der Waals surface area contributed by atoms with Crippen molar-refractivity contribution in [1.29, 1.82) is 0 Å². The Kier molecular flexibility index (Phi) is 3.88. The number of nitrogens with zero attached hydrogens (tertiary/aromatic N) is 4. The summed E-state index contributed by atoms with van der Waals surface area (Å²) in [6.07, 6.45) is 2.00. The van der Waals surface area contributed by atoms with E-state index in [1.807, 2.05) is 18.3 Å². The van der Waals surface area contributed by atoms with Crippen molar-refractivity contribution in [2.24, 2.45) is 0 Å². The van der Waals surface area contributed by atoms with Crippen LogP contribution in [0.5, 0.6) is 0 Å². The quantitative estimate of drug-likeness (QED) is 0.658. The van der Waals surface area contributed by atoms with Gasteiger partial charge in [-0.3, -0.25) is 0 Å². The Hall–Kier alpha value is -2.88. The summed E-state index contributed by atoms with van der Waals surface area (Å²) in [5.41, 5.74) is 3.27. The summed E-state index contributed by atoms with van der Waals surface area (Å²) in [6.45, 7) is 6.49. The zero-order valence-corrected chi connectivity index (χ0v) is 14.8. The minimum atomic E-state index is 0.0993. The van der Waals surface area contributed by atoms with Crippen LogP contribution < -0.4 is 9.80 Å². The lowest BCUT2D eigenvalue weighted by Gasteiger charge is -2.29. The molecule has 2 aromatic carbocycles. The Morgan fingerprint density at radius 3 is 1.84 bits per heavy atom. The Balaban J connectivity index is 1.89. The largest absolute Gasteiger partial charge is 0.302 e. The smallest absolute Gasteiger partial charge is 0.178 e. The number of para-hydroxylation sites is 2. The predicted molar refractivity (Wildman–Crippen MR) is 103 cm³/mol. The Morgan fingerprint density at radius 2 is 1.32 bits per heavy atom. The van der Waals surface area contributed by atoms with E-state index in [1.165, 1.54) is 0 Å². The number of rotatable bonds is 3. The Morgan fingerprint density at radius 1 is 0.800 bits per heavy atom. The molecule has 0 saturated heterocycles. The molecule has 4 heteroatoms. The molecule has 0 saturated carbocycles. The van der Waals surface area contributed by atoms with Gasteiger partial charge in [0.25, 0.3) is 0 Å². The van der Waals surface area contributed by atoms with Crippen molar-refractivity contribution in [3.63, 3.8) is 0 Å². The maximum absolute atomic E-state index is 4.96. The van der Waals surface area contributed by atoms with E-state index >= 15 is 0 Å². The van der Waals surface area contributed by atoms with Crippen LogP contribution in [0, 0.1) is 0 Å². The summed E-state index contributed by atoms with van der Waals surface area (Å²) in [4.78, 5) is 14.3. The lowest BCUT2D eigenvalue weighted by Crippen LogP contribution is -2.35. The van der Waals surface area contributed by atoms with E-state index in [2.05, 4.69) is 79.1 Å². The summed E-state index contributed by atoms with van der Waals surface area (Å²) < 4.78 is 0. The molecule has 0 bridgehead atoms. The molecule has 1 atom stereocenters. The van der Waals surface area contributed by atoms with Gasteiger partial charge in [-0.15, -0.1) is 0 Å². The molecule has 0 spiro atoms. The molecule has 4 nitrogen and oxygen atoms in total. The molecule has 25 heavy (non-hydrogen) atoms. The highest BCUT2D eigenvalue weighted by atomic mass is 15.5. The molecule has 0 radical (unpaired) electrons. The van der Waals surface area contributed by atoms with E-state index in [4.69, 9.17) is 9.97 Å². The van der Waals surface area contributed by atoms with Crippen molar-refractivity contribution in [2.45, 2.75) is 32.9 Å². The summed E-state index contributed by atoms with van der Waals surface area (Å²) >= 11 is 0. The van der Waals surface area contributed by atoms with Crippen LogP contribution >= 0.6 is 0 Å². The topological polar surface area (TPSA) is 32.3 Å². The molecule has 2 heterocycles. The molecular weight excluding hydrogens is 308 g/mol. The van der Waals surface area contributed by atoms with Gasteiger partial charge in [-0.05, 0) is 37.1 Å². The minimum absolute atomic E-state index is 0.0993. The van der Waals surface area contributed by atoms with Gasteiger partial charge in [-0.1, -0.05) is 50.2 Å². The molecule has 0 N–H and O–H groups in total. The summed E-state index contributed by atoms with van der Waals surface area (Å²) in [5, 5.41) is 0. The fourth-order valence-electron chi connectivity index (χ4n) is 3.32. The van der Waals surface area contributed by atoms with Gasteiger partial charge in [-0.25, -0.2) is 9.97 Å². The molecule has 4 rings (SSSR count). The minimum Gasteiger partial charge on any atom is -0.302 e. The van der Waals surface area contributed by atoms with Crippen LogP contribution in [0.2, 0.25) is 0 Å². The van der Waals surface area contributed by atoms with E-state index in [0.717, 1.165) is 28.7 Å². The van der Waals surface area contributed by atoms with Crippen molar-refractivity contribution in [3.05, 3.63) is 72.6 Å². The zero-order chi connectivity index (χ0) is 17.4. The molecule has 0 aliphatic carbocycles. The summed E-state index contributed by atoms with van der Waals surface area (Å²) in [6, 6.07) is 20.8. The van der Waals surface area contributed by atoms with Gasteiger partial charge in [0.05, 0.1) is 11.9 Å². The number of fused-ring (bicyclic) bond motifs is 1. The molecule has 0 fully saturated rings. The number of hydrogen-bond acceptors (Lipinski definition) is 4. The number of benzene rings is 2. The third-order valence-corrected chi connectivity index (χ3v) is 4.62. The normalized spacial score (nSPS) is 16.4. The van der Waals surface area contributed by atoms with Crippen molar-refractivity contribution < 1.29 is 0 Å². The fourth-order valence-corrected chi connectivity index (χ4v) is 3.32. The molecule has 126 valence electrons. The number of hydrogen-bond donors (Lipinski definition) is 0. The van der Waals surface area contributed by atoms with Crippen molar-refractivity contribution >= 4 is 23.0 Å². The van der Waals surface area contributed by atoms with Gasteiger partial charge in [0, 0.05) is 11.4 Å². The van der Waals surface area contributed by atoms with Gasteiger partial charge >= 0.3 is 0 Å². The summed E-state index contributed by atoms with van der Waals surface area (Å²) in [7, 11) is 0. The first kappa shape index (κ1) is 15.6. The van der Waals surface area contributed by atoms with Gasteiger partial charge in [0.2, 0.25) is 0 Å². The highest BCUT2D eigenvalue weighted by Gasteiger charge is 2.37. The first-order chi connectivity index (χ1) is 12.2. The van der Waals surface area contributed by atoms with E-state index < -0.39 is 0 Å². The van der Waals surface area contributed by atoms with Crippen LogP contribution in [0.3, 0.4) is 0 Å². The van der Waals surface area contributed by atoms with E-state index in [1.54, 1.807) is 0 Å². The molecule has 1 aliphatic heterocycles. The predicted octanol–water partition coefficient (Wildman–Crippen LogP) is 5.24. The van der Waals surface area contributed by atoms with Gasteiger partial charge < -0.3 is 9.80 Å². The average molecular weight is 330 g/mol. The second kappa shape index (κ2) is 6.20. The highest BCUT2D eigenvalue weighted by Crippen LogP contribution is 2.45. The van der Waals surface area contributed by atoms with Crippen LogP contribution in [0.4, 0.5) is 23.0 Å². The van der Waals surface area contributed by atoms with E-state index in [0.29, 0.717) is 5.92 Å². The molecule has 0 amide bonds. The van der Waals surface area contributed by atoms with Crippen LogP contribution in [-0.2, 0) is 0 Å². The van der Waals surface area contributed by atoms with Crippen LogP contribution in [0.1, 0.15) is 32.4 Å². The van der Waals surface area contributed by atoms with Gasteiger partial charge in [0.1, 0.15) is 6.17 Å². The molecule has 1 unspecified atom stereocenters. The van der Waals surface area contributed by atoms with Crippen LogP contribution in [0.25, 0.3) is 0 Å². The van der Waals surface area contributed by atoms with Crippen molar-refractivity contribution in [1.82, 2.24) is 9.97 Å². The first-order valence-corrected chi connectivity index (χ1v) is 8.72. The third-order valence-electron chi connectivity index (χ3n) is 4.62. The van der Waals surface area contributed by atoms with Gasteiger partial charge in [0.15, 0.2) is 11.6 Å². The maximum atomic E-state index is 4.96. The van der Waals surface area contributed by atoms with E-state index in [9.17, 15) is 0 Å². The highest BCUT2D eigenvalue weighted by molar-refractivity contribution is 5.83. The Bertz CT molecular complexity index is 862. The first-order valence-electron chi connectivity index (χ1n) is 8.72. The van der Waals surface area contributed by atoms with Crippen molar-refractivity contribution in [2.75, 3.05) is 9.80 Å². The lowest BCUT2D eigenvalue weighted by molar-refractivity contribution is 0.752. The number of anilines is 4. The average Bonchev–Trinajstić information content (AvgIpc) is 2.94. The molecule has 1 aliphatic rings. The SMILES string of the molecule is CC(C)c1cnc2c(n1)N(c1ccccc1)C(C)N2c1ccccc1. The second-order valence-corrected chi connectivity index (χ2v) is 6.64. The maximum Gasteiger partial charge on any atom is 0.178 e. The monoisotopic (exact) mass is 330 g/mol. The Labute approximate surface area is 148 Å². The van der Waals surface area contributed by atoms with Gasteiger partial charge in [-0.2, -0.15) is 0 Å². The number of aromatic nitrogens is 2. The molecule has 3 aromatic rings. The fraction of sp³-hybridized carbons (Fsp3) is 0.238. The van der Waals surface area contributed by atoms with Crippen LogP contribution in [-0.4, -0.2) is 16.1 Å². The zero-order valence-electron chi connectivity index (χ0n) is 14.8. The standard InChI is InChI=1S/C21H22N4/c1-15(2)19-14-22-20-21(23-19)25(18-12-8-5-9-13-18)16(3)24(20)17-10-6-4-7-11-17/h4-16H,1-3H3. The van der Waals surface area contributed by atoms with E-state index in [-0.39, 0.29) is 6.17 Å². The lowest BCUT2D eigenvalue weighted by atomic mass is 10.1. The molecular formula is C21H22N4. The molecule has 1 aromatic heterocycles. The third kappa shape index (κ3) is 2.64. The van der Waals surface area contributed by atoms with Crippen LogP contribution in [0.15, 0.2) is 66.9 Å². The van der Waals surface area contributed by atoms with Crippen molar-refractivity contribution in [3.8, 4) is 0 Å². The summed E-state index contributed by atoms with van der Waals surface area (Å²) in [5.74, 6) is 2.18.